The third kappa shape index (κ3) is 1.27. The van der Waals surface area contributed by atoms with E-state index in [1.54, 1.807) is 0 Å². The van der Waals surface area contributed by atoms with Crippen LogP contribution in [0.3, 0.4) is 0 Å². The molecule has 0 aromatic heterocycles. The van der Waals surface area contributed by atoms with Crippen molar-refractivity contribution in [2.24, 2.45) is 0 Å². The fourth-order valence-electron chi connectivity index (χ4n) is 2.67. The van der Waals surface area contributed by atoms with Gasteiger partial charge in [0.1, 0.15) is 0 Å². The van der Waals surface area contributed by atoms with Crippen LogP contribution in [0.15, 0.2) is 36.4 Å². The Labute approximate surface area is 90.1 Å². The molecule has 2 aromatic rings. The summed E-state index contributed by atoms with van der Waals surface area (Å²) in [7, 11) is 0. The molecular weight excluding hydrogens is 182 g/mol. The van der Waals surface area contributed by atoms with E-state index in [0.717, 1.165) is 13.0 Å². The van der Waals surface area contributed by atoms with Crippen molar-refractivity contribution in [1.82, 2.24) is 5.32 Å². The largest absolute Gasteiger partial charge is 0.310 e. The van der Waals surface area contributed by atoms with Crippen LogP contribution in [0.25, 0.3) is 10.8 Å². The molecular formula is C14H15N. The maximum Gasteiger partial charge on any atom is 0.0367 e. The van der Waals surface area contributed by atoms with Crippen LogP contribution >= 0.6 is 0 Å². The lowest BCUT2D eigenvalue weighted by molar-refractivity contribution is 0.567. The van der Waals surface area contributed by atoms with E-state index in [9.17, 15) is 0 Å². The van der Waals surface area contributed by atoms with E-state index in [-0.39, 0.29) is 0 Å². The standard InChI is InChI=1S/C14H15N/c1-2-15-13-9-11-7-3-5-10-6-4-8-12(13)14(10)11/h3-8,13,15H,2,9H2,1H3. The predicted octanol–water partition coefficient (Wildman–Crippen LogP) is 3.05. The third-order valence-corrected chi connectivity index (χ3v) is 3.27. The topological polar surface area (TPSA) is 12.0 Å². The second kappa shape index (κ2) is 3.35. The van der Waals surface area contributed by atoms with Crippen molar-refractivity contribution in [1.29, 1.82) is 0 Å². The summed E-state index contributed by atoms with van der Waals surface area (Å²) in [4.78, 5) is 0. The quantitative estimate of drug-likeness (QED) is 0.780. The van der Waals surface area contributed by atoms with Gasteiger partial charge in [-0.2, -0.15) is 0 Å². The minimum absolute atomic E-state index is 0.524. The maximum absolute atomic E-state index is 3.55. The van der Waals surface area contributed by atoms with E-state index >= 15 is 0 Å². The van der Waals surface area contributed by atoms with E-state index < -0.39 is 0 Å². The van der Waals surface area contributed by atoms with Gasteiger partial charge in [0.15, 0.2) is 0 Å². The van der Waals surface area contributed by atoms with E-state index in [1.165, 1.54) is 21.9 Å². The normalized spacial score (nSPS) is 18.6. The molecule has 1 heteroatoms. The molecule has 1 unspecified atom stereocenters. The van der Waals surface area contributed by atoms with Gasteiger partial charge in [0.05, 0.1) is 0 Å². The molecule has 0 saturated carbocycles. The van der Waals surface area contributed by atoms with Crippen molar-refractivity contribution in [2.45, 2.75) is 19.4 Å². The lowest BCUT2D eigenvalue weighted by Crippen LogP contribution is -2.19. The second-order valence-corrected chi connectivity index (χ2v) is 4.18. The van der Waals surface area contributed by atoms with Gasteiger partial charge in [-0.05, 0) is 34.9 Å². The van der Waals surface area contributed by atoms with Gasteiger partial charge in [-0.15, -0.1) is 0 Å². The molecule has 0 spiro atoms. The zero-order valence-corrected chi connectivity index (χ0v) is 8.96. The fourth-order valence-corrected chi connectivity index (χ4v) is 2.67. The SMILES string of the molecule is CCNC1Cc2cccc3cccc1c23. The Morgan fingerprint density at radius 1 is 1.20 bits per heavy atom. The molecule has 0 heterocycles. The Kier molecular flexibility index (Phi) is 2.00. The summed E-state index contributed by atoms with van der Waals surface area (Å²) in [5.41, 5.74) is 2.97. The number of nitrogens with one attached hydrogen (secondary N) is 1. The highest BCUT2D eigenvalue weighted by atomic mass is 14.9. The molecule has 1 atom stereocenters. The Hall–Kier alpha value is -1.34. The summed E-state index contributed by atoms with van der Waals surface area (Å²) >= 11 is 0. The number of benzene rings is 2. The number of hydrogen-bond donors (Lipinski definition) is 1. The molecule has 0 amide bonds. The highest BCUT2D eigenvalue weighted by Gasteiger charge is 2.22. The van der Waals surface area contributed by atoms with Crippen LogP contribution in [0.2, 0.25) is 0 Å². The van der Waals surface area contributed by atoms with Crippen LogP contribution < -0.4 is 5.32 Å². The molecule has 2 aromatic carbocycles. The first kappa shape index (κ1) is 8.93. The van der Waals surface area contributed by atoms with Gasteiger partial charge < -0.3 is 5.32 Å². The summed E-state index contributed by atoms with van der Waals surface area (Å²) in [5, 5.41) is 6.41. The van der Waals surface area contributed by atoms with E-state index in [4.69, 9.17) is 0 Å². The minimum Gasteiger partial charge on any atom is -0.310 e. The highest BCUT2D eigenvalue weighted by Crippen LogP contribution is 2.36. The molecule has 0 radical (unpaired) electrons. The Morgan fingerprint density at radius 2 is 2.00 bits per heavy atom. The second-order valence-electron chi connectivity index (χ2n) is 4.18. The van der Waals surface area contributed by atoms with Gasteiger partial charge in [0.25, 0.3) is 0 Å². The van der Waals surface area contributed by atoms with Crippen LogP contribution in [-0.2, 0) is 6.42 Å². The summed E-state index contributed by atoms with van der Waals surface area (Å²) in [5.74, 6) is 0. The third-order valence-electron chi connectivity index (χ3n) is 3.27. The number of likely N-dealkylation sites (N-methyl/N-ethyl adjacent to an activating group) is 1. The van der Waals surface area contributed by atoms with Gasteiger partial charge in [0.2, 0.25) is 0 Å². The zero-order chi connectivity index (χ0) is 10.3. The molecule has 1 nitrogen and oxygen atoms in total. The summed E-state index contributed by atoms with van der Waals surface area (Å²) in [6, 6.07) is 13.8. The van der Waals surface area contributed by atoms with E-state index in [2.05, 4.69) is 48.6 Å². The minimum atomic E-state index is 0.524. The maximum atomic E-state index is 3.55. The first-order chi connectivity index (χ1) is 7.40. The van der Waals surface area contributed by atoms with Gasteiger partial charge in [-0.3, -0.25) is 0 Å². The molecule has 76 valence electrons. The number of hydrogen-bond acceptors (Lipinski definition) is 1. The summed E-state index contributed by atoms with van der Waals surface area (Å²) in [6.45, 7) is 3.21. The number of rotatable bonds is 2. The van der Waals surface area contributed by atoms with Crippen molar-refractivity contribution in [2.75, 3.05) is 6.54 Å². The van der Waals surface area contributed by atoms with Crippen molar-refractivity contribution in [3.8, 4) is 0 Å². The monoisotopic (exact) mass is 197 g/mol. The smallest absolute Gasteiger partial charge is 0.0367 e. The molecule has 1 aliphatic rings. The molecule has 0 aliphatic heterocycles. The lowest BCUT2D eigenvalue weighted by Gasteiger charge is -2.11. The molecule has 0 saturated heterocycles. The van der Waals surface area contributed by atoms with Crippen molar-refractivity contribution in [3.63, 3.8) is 0 Å². The van der Waals surface area contributed by atoms with Crippen molar-refractivity contribution in [3.05, 3.63) is 47.5 Å². The van der Waals surface area contributed by atoms with Crippen molar-refractivity contribution >= 4 is 10.8 Å². The van der Waals surface area contributed by atoms with Crippen molar-refractivity contribution < 1.29 is 0 Å². The van der Waals surface area contributed by atoms with Crippen LogP contribution in [0.4, 0.5) is 0 Å². The average Bonchev–Trinajstić information content (AvgIpc) is 2.61. The zero-order valence-electron chi connectivity index (χ0n) is 8.96. The van der Waals surface area contributed by atoms with Gasteiger partial charge in [0, 0.05) is 6.04 Å². The van der Waals surface area contributed by atoms with Crippen LogP contribution in [-0.4, -0.2) is 6.54 Å². The summed E-state index contributed by atoms with van der Waals surface area (Å²) in [6.07, 6.45) is 1.14. The van der Waals surface area contributed by atoms with Gasteiger partial charge in [-0.1, -0.05) is 43.3 Å². The molecule has 15 heavy (non-hydrogen) atoms. The van der Waals surface area contributed by atoms with E-state index in [0.29, 0.717) is 6.04 Å². The van der Waals surface area contributed by atoms with E-state index in [1.807, 2.05) is 0 Å². The Balaban J connectivity index is 2.22. The lowest BCUT2D eigenvalue weighted by atomic mass is 10.0. The predicted molar refractivity (Wildman–Crippen MR) is 64.1 cm³/mol. The molecule has 1 aliphatic carbocycles. The highest BCUT2D eigenvalue weighted by molar-refractivity contribution is 5.91. The molecule has 3 rings (SSSR count). The first-order valence-electron chi connectivity index (χ1n) is 5.64. The molecule has 0 fully saturated rings. The fraction of sp³-hybridized carbons (Fsp3) is 0.286. The molecule has 1 N–H and O–H groups in total. The van der Waals surface area contributed by atoms with Crippen LogP contribution in [0.5, 0.6) is 0 Å². The summed E-state index contributed by atoms with van der Waals surface area (Å²) < 4.78 is 0. The molecule has 0 bridgehead atoms. The Bertz CT molecular complexity index is 496. The van der Waals surface area contributed by atoms with Gasteiger partial charge >= 0.3 is 0 Å². The Morgan fingerprint density at radius 3 is 2.80 bits per heavy atom. The van der Waals surface area contributed by atoms with Gasteiger partial charge in [-0.25, -0.2) is 0 Å². The van der Waals surface area contributed by atoms with Crippen LogP contribution in [0.1, 0.15) is 24.1 Å². The van der Waals surface area contributed by atoms with Crippen LogP contribution in [0, 0.1) is 0 Å². The first-order valence-corrected chi connectivity index (χ1v) is 5.64. The average molecular weight is 197 g/mol.